The first-order valence-electron chi connectivity index (χ1n) is 13.1. The molecule has 0 fully saturated rings. The van der Waals surface area contributed by atoms with Gasteiger partial charge in [-0.15, -0.1) is 0 Å². The molecule has 0 heterocycles. The van der Waals surface area contributed by atoms with E-state index < -0.39 is 5.97 Å². The Hall–Kier alpha value is -2.49. The van der Waals surface area contributed by atoms with Gasteiger partial charge in [0.1, 0.15) is 11.5 Å². The number of ether oxygens (including phenoxy) is 2. The summed E-state index contributed by atoms with van der Waals surface area (Å²) in [5, 5.41) is 8.70. The quantitative estimate of drug-likeness (QED) is 0.271. The molecule has 0 saturated carbocycles. The molecule has 0 aromatic heterocycles. The molecule has 0 saturated heterocycles. The van der Waals surface area contributed by atoms with Gasteiger partial charge < -0.3 is 14.6 Å². The molecular weight excluding hydrogens is 424 g/mol. The highest BCUT2D eigenvalue weighted by atomic mass is 16.5. The molecule has 1 aliphatic rings. The number of hydrogen-bond donors (Lipinski definition) is 1. The zero-order valence-corrected chi connectivity index (χ0v) is 21.1. The van der Waals surface area contributed by atoms with Crippen LogP contribution in [0.3, 0.4) is 0 Å². The molecule has 4 nitrogen and oxygen atoms in total. The molecule has 186 valence electrons. The number of hydrogen-bond acceptors (Lipinski definition) is 3. The molecule has 1 N–H and O–H groups in total. The smallest absolute Gasteiger partial charge is 0.303 e. The van der Waals surface area contributed by atoms with Crippen molar-refractivity contribution in [1.82, 2.24) is 0 Å². The van der Waals surface area contributed by atoms with Gasteiger partial charge in [-0.2, -0.15) is 0 Å². The molecule has 2 unspecified atom stereocenters. The van der Waals surface area contributed by atoms with E-state index in [0.29, 0.717) is 18.3 Å². The van der Waals surface area contributed by atoms with Gasteiger partial charge >= 0.3 is 5.97 Å². The van der Waals surface area contributed by atoms with Gasteiger partial charge in [-0.25, -0.2) is 0 Å². The topological polar surface area (TPSA) is 55.8 Å². The van der Waals surface area contributed by atoms with Crippen molar-refractivity contribution < 1.29 is 19.4 Å². The summed E-state index contributed by atoms with van der Waals surface area (Å²) in [5.41, 5.74) is 4.39. The van der Waals surface area contributed by atoms with Crippen molar-refractivity contribution in [3.8, 4) is 11.5 Å². The number of carbonyl (C=O) groups is 1. The molecule has 0 amide bonds. The van der Waals surface area contributed by atoms with Crippen molar-refractivity contribution >= 4 is 5.97 Å². The molecule has 0 spiro atoms. The number of aliphatic carboxylic acids is 1. The minimum Gasteiger partial charge on any atom is -0.497 e. The van der Waals surface area contributed by atoms with E-state index in [1.165, 1.54) is 74.5 Å². The lowest BCUT2D eigenvalue weighted by Gasteiger charge is -2.34. The van der Waals surface area contributed by atoms with E-state index in [4.69, 9.17) is 14.6 Å². The van der Waals surface area contributed by atoms with Crippen LogP contribution >= 0.6 is 0 Å². The Morgan fingerprint density at radius 3 is 2.03 bits per heavy atom. The lowest BCUT2D eigenvalue weighted by Crippen LogP contribution is -2.19. The third-order valence-electron chi connectivity index (χ3n) is 7.41. The average Bonchev–Trinajstić information content (AvgIpc) is 2.86. The number of rotatable bonds is 15. The van der Waals surface area contributed by atoms with E-state index in [1.54, 1.807) is 14.2 Å². The molecule has 3 rings (SSSR count). The predicted octanol–water partition coefficient (Wildman–Crippen LogP) is 7.89. The SMILES string of the molecule is COc1ccc(C2CCc3cc(OC)ccc3C2CCCCCCCCCCCC(=O)O)cc1. The number of benzene rings is 2. The maximum absolute atomic E-state index is 10.6. The first kappa shape index (κ1) is 26.1. The summed E-state index contributed by atoms with van der Waals surface area (Å²) in [5.74, 6) is 2.32. The largest absolute Gasteiger partial charge is 0.497 e. The van der Waals surface area contributed by atoms with Gasteiger partial charge in [-0.05, 0) is 78.5 Å². The molecule has 2 aromatic rings. The monoisotopic (exact) mass is 466 g/mol. The highest BCUT2D eigenvalue weighted by molar-refractivity contribution is 5.66. The molecule has 0 aliphatic heterocycles. The summed E-state index contributed by atoms with van der Waals surface area (Å²) in [6.07, 6.45) is 14.5. The number of unbranched alkanes of at least 4 members (excludes halogenated alkanes) is 8. The number of aryl methyl sites for hydroxylation is 1. The molecule has 1 aliphatic carbocycles. The van der Waals surface area contributed by atoms with Crippen LogP contribution in [0.4, 0.5) is 0 Å². The maximum Gasteiger partial charge on any atom is 0.303 e. The number of methoxy groups -OCH3 is 2. The van der Waals surface area contributed by atoms with E-state index in [9.17, 15) is 4.79 Å². The molecule has 0 radical (unpaired) electrons. The van der Waals surface area contributed by atoms with Crippen LogP contribution in [0, 0.1) is 0 Å². The Bertz CT molecular complexity index is 874. The van der Waals surface area contributed by atoms with E-state index in [1.807, 2.05) is 0 Å². The molecule has 0 bridgehead atoms. The van der Waals surface area contributed by atoms with Crippen LogP contribution in [0.2, 0.25) is 0 Å². The van der Waals surface area contributed by atoms with E-state index in [0.717, 1.165) is 30.8 Å². The first-order chi connectivity index (χ1) is 16.6. The summed E-state index contributed by atoms with van der Waals surface area (Å²) in [6, 6.07) is 15.4. The average molecular weight is 467 g/mol. The third-order valence-corrected chi connectivity index (χ3v) is 7.41. The Morgan fingerprint density at radius 2 is 1.41 bits per heavy atom. The van der Waals surface area contributed by atoms with E-state index in [-0.39, 0.29) is 0 Å². The Morgan fingerprint density at radius 1 is 0.824 bits per heavy atom. The number of carboxylic acids is 1. The molecular formula is C30H42O4. The fraction of sp³-hybridized carbons (Fsp3) is 0.567. The molecule has 2 aromatic carbocycles. The lowest BCUT2D eigenvalue weighted by molar-refractivity contribution is -0.137. The van der Waals surface area contributed by atoms with Crippen LogP contribution in [-0.2, 0) is 11.2 Å². The number of carboxylic acid groups (broad SMARTS) is 1. The maximum atomic E-state index is 10.6. The summed E-state index contributed by atoms with van der Waals surface area (Å²) >= 11 is 0. The van der Waals surface area contributed by atoms with Crippen molar-refractivity contribution in [2.24, 2.45) is 0 Å². The van der Waals surface area contributed by atoms with E-state index in [2.05, 4.69) is 42.5 Å². The highest BCUT2D eigenvalue weighted by Gasteiger charge is 2.30. The third kappa shape index (κ3) is 7.78. The minimum absolute atomic E-state index is 0.314. The van der Waals surface area contributed by atoms with Gasteiger partial charge in [-0.3, -0.25) is 4.79 Å². The predicted molar refractivity (Wildman–Crippen MR) is 138 cm³/mol. The second-order valence-electron chi connectivity index (χ2n) is 9.70. The zero-order valence-electron chi connectivity index (χ0n) is 21.1. The van der Waals surface area contributed by atoms with Gasteiger partial charge in [0.25, 0.3) is 0 Å². The van der Waals surface area contributed by atoms with Crippen molar-refractivity contribution in [2.75, 3.05) is 14.2 Å². The normalized spacial score (nSPS) is 17.2. The van der Waals surface area contributed by atoms with Gasteiger partial charge in [-0.1, -0.05) is 69.6 Å². The van der Waals surface area contributed by atoms with E-state index >= 15 is 0 Å². The molecule has 34 heavy (non-hydrogen) atoms. The van der Waals surface area contributed by atoms with Crippen molar-refractivity contribution in [3.63, 3.8) is 0 Å². The Labute approximate surface area is 205 Å². The van der Waals surface area contributed by atoms with Crippen LogP contribution in [-0.4, -0.2) is 25.3 Å². The second kappa shape index (κ2) is 14.0. The van der Waals surface area contributed by atoms with Crippen LogP contribution in [0.1, 0.15) is 106 Å². The van der Waals surface area contributed by atoms with Crippen molar-refractivity contribution in [3.05, 3.63) is 59.2 Å². The number of fused-ring (bicyclic) bond motifs is 1. The zero-order chi connectivity index (χ0) is 24.2. The fourth-order valence-corrected chi connectivity index (χ4v) is 5.50. The second-order valence-corrected chi connectivity index (χ2v) is 9.70. The van der Waals surface area contributed by atoms with Crippen LogP contribution < -0.4 is 9.47 Å². The summed E-state index contributed by atoms with van der Waals surface area (Å²) in [4.78, 5) is 10.6. The van der Waals surface area contributed by atoms with Crippen LogP contribution in [0.15, 0.2) is 42.5 Å². The molecule has 4 heteroatoms. The Kier molecular flexibility index (Phi) is 10.8. The van der Waals surface area contributed by atoms with Crippen molar-refractivity contribution in [2.45, 2.75) is 95.3 Å². The van der Waals surface area contributed by atoms with Crippen LogP contribution in [0.5, 0.6) is 11.5 Å². The summed E-state index contributed by atoms with van der Waals surface area (Å²) in [7, 11) is 3.47. The summed E-state index contributed by atoms with van der Waals surface area (Å²) < 4.78 is 10.9. The van der Waals surface area contributed by atoms with Gasteiger partial charge in [0.2, 0.25) is 0 Å². The highest BCUT2D eigenvalue weighted by Crippen LogP contribution is 2.46. The summed E-state index contributed by atoms with van der Waals surface area (Å²) in [6.45, 7) is 0. The standard InChI is InChI=1S/C30H42O4/c1-33-25-17-14-23(15-18-25)27-20-16-24-22-26(34-2)19-21-28(24)29(27)12-10-8-6-4-3-5-7-9-11-13-30(31)32/h14-15,17-19,21-22,27,29H,3-13,16,20H2,1-2H3,(H,31,32). The van der Waals surface area contributed by atoms with Gasteiger partial charge in [0, 0.05) is 6.42 Å². The van der Waals surface area contributed by atoms with Gasteiger partial charge in [0.15, 0.2) is 0 Å². The lowest BCUT2D eigenvalue weighted by atomic mass is 9.70. The van der Waals surface area contributed by atoms with Gasteiger partial charge in [0.05, 0.1) is 14.2 Å². The minimum atomic E-state index is -0.672. The van der Waals surface area contributed by atoms with Crippen LogP contribution in [0.25, 0.3) is 0 Å². The van der Waals surface area contributed by atoms with Crippen molar-refractivity contribution in [1.29, 1.82) is 0 Å². The Balaban J connectivity index is 1.50. The first-order valence-corrected chi connectivity index (χ1v) is 13.1. The molecule has 2 atom stereocenters. The fourth-order valence-electron chi connectivity index (χ4n) is 5.50.